The Morgan fingerprint density at radius 3 is 2.80 bits per heavy atom. The summed E-state index contributed by atoms with van der Waals surface area (Å²) in [6.07, 6.45) is 4.14. The molecule has 2 aromatic rings. The van der Waals surface area contributed by atoms with E-state index in [4.69, 9.17) is 9.84 Å². The SMILES string of the molecule is COc1cc(N(C)CCO)ccc1/C=C/c1cccs1. The summed E-state index contributed by atoms with van der Waals surface area (Å²) in [6, 6.07) is 10.2. The van der Waals surface area contributed by atoms with E-state index < -0.39 is 0 Å². The van der Waals surface area contributed by atoms with E-state index in [0.717, 1.165) is 17.0 Å². The minimum absolute atomic E-state index is 0.138. The number of aliphatic hydroxyl groups is 1. The van der Waals surface area contributed by atoms with Gasteiger partial charge in [-0.3, -0.25) is 0 Å². The molecule has 20 heavy (non-hydrogen) atoms. The van der Waals surface area contributed by atoms with Gasteiger partial charge in [-0.2, -0.15) is 0 Å². The summed E-state index contributed by atoms with van der Waals surface area (Å²) in [7, 11) is 3.62. The van der Waals surface area contributed by atoms with Crippen molar-refractivity contribution in [3.8, 4) is 5.75 Å². The fourth-order valence-corrected chi connectivity index (χ4v) is 2.53. The Balaban J connectivity index is 2.21. The van der Waals surface area contributed by atoms with E-state index in [1.807, 2.05) is 36.2 Å². The summed E-state index contributed by atoms with van der Waals surface area (Å²) in [5.41, 5.74) is 2.08. The molecule has 0 fully saturated rings. The van der Waals surface area contributed by atoms with E-state index in [2.05, 4.69) is 23.6 Å². The molecule has 1 heterocycles. The number of aliphatic hydroxyl groups excluding tert-OH is 1. The minimum Gasteiger partial charge on any atom is -0.496 e. The summed E-state index contributed by atoms with van der Waals surface area (Å²) < 4.78 is 5.45. The molecule has 0 amide bonds. The third-order valence-electron chi connectivity index (χ3n) is 3.06. The highest BCUT2D eigenvalue weighted by atomic mass is 32.1. The molecule has 0 atom stereocenters. The van der Waals surface area contributed by atoms with Crippen LogP contribution in [0.1, 0.15) is 10.4 Å². The van der Waals surface area contributed by atoms with E-state index in [0.29, 0.717) is 6.54 Å². The lowest BCUT2D eigenvalue weighted by molar-refractivity contribution is 0.304. The molecule has 1 N–H and O–H groups in total. The number of anilines is 1. The summed E-state index contributed by atoms with van der Waals surface area (Å²) in [6.45, 7) is 0.742. The first-order chi connectivity index (χ1) is 9.74. The lowest BCUT2D eigenvalue weighted by atomic mass is 10.1. The molecule has 0 aliphatic rings. The first-order valence-corrected chi connectivity index (χ1v) is 7.34. The lowest BCUT2D eigenvalue weighted by Gasteiger charge is -2.19. The second-order valence-electron chi connectivity index (χ2n) is 4.42. The van der Waals surface area contributed by atoms with E-state index in [1.165, 1.54) is 4.88 Å². The summed E-state index contributed by atoms with van der Waals surface area (Å²) >= 11 is 1.71. The smallest absolute Gasteiger partial charge is 0.128 e. The number of hydrogen-bond acceptors (Lipinski definition) is 4. The van der Waals surface area contributed by atoms with Crippen LogP contribution in [0.15, 0.2) is 35.7 Å². The molecule has 0 aliphatic carbocycles. The highest BCUT2D eigenvalue weighted by Gasteiger charge is 2.05. The lowest BCUT2D eigenvalue weighted by Crippen LogP contribution is -2.21. The summed E-state index contributed by atoms with van der Waals surface area (Å²) in [5.74, 6) is 0.833. The summed E-state index contributed by atoms with van der Waals surface area (Å²) in [5, 5.41) is 11.0. The molecule has 0 bridgehead atoms. The molecule has 0 saturated heterocycles. The average Bonchev–Trinajstić information content (AvgIpc) is 2.98. The average molecular weight is 289 g/mol. The van der Waals surface area contributed by atoms with Crippen molar-refractivity contribution in [2.45, 2.75) is 0 Å². The number of methoxy groups -OCH3 is 1. The number of benzene rings is 1. The van der Waals surface area contributed by atoms with Crippen LogP contribution in [-0.4, -0.2) is 32.4 Å². The fourth-order valence-electron chi connectivity index (χ4n) is 1.91. The third kappa shape index (κ3) is 3.62. The molecule has 3 nitrogen and oxygen atoms in total. The van der Waals surface area contributed by atoms with Crippen molar-refractivity contribution in [1.82, 2.24) is 0 Å². The maximum Gasteiger partial charge on any atom is 0.128 e. The van der Waals surface area contributed by atoms with Crippen LogP contribution in [0.4, 0.5) is 5.69 Å². The summed E-state index contributed by atoms with van der Waals surface area (Å²) in [4.78, 5) is 3.21. The molecule has 0 saturated carbocycles. The third-order valence-corrected chi connectivity index (χ3v) is 3.90. The van der Waals surface area contributed by atoms with Crippen LogP contribution >= 0.6 is 11.3 Å². The fraction of sp³-hybridized carbons (Fsp3) is 0.250. The highest BCUT2D eigenvalue weighted by molar-refractivity contribution is 7.10. The number of likely N-dealkylation sites (N-methyl/N-ethyl adjacent to an activating group) is 1. The normalized spacial score (nSPS) is 10.9. The van der Waals surface area contributed by atoms with Gasteiger partial charge in [0, 0.05) is 35.8 Å². The number of nitrogens with zero attached hydrogens (tertiary/aromatic N) is 1. The molecule has 1 aromatic carbocycles. The van der Waals surface area contributed by atoms with Crippen molar-refractivity contribution in [1.29, 1.82) is 0 Å². The molecule has 0 radical (unpaired) electrons. The number of ether oxygens (including phenoxy) is 1. The Kier molecular flexibility index (Phi) is 5.21. The van der Waals surface area contributed by atoms with Crippen LogP contribution in [0.3, 0.4) is 0 Å². The first-order valence-electron chi connectivity index (χ1n) is 6.46. The van der Waals surface area contributed by atoms with Crippen LogP contribution in [-0.2, 0) is 0 Å². The van der Waals surface area contributed by atoms with E-state index in [1.54, 1.807) is 18.4 Å². The maximum absolute atomic E-state index is 8.99. The molecular formula is C16H19NO2S. The number of thiophene rings is 1. The van der Waals surface area contributed by atoms with Crippen molar-refractivity contribution in [2.24, 2.45) is 0 Å². The zero-order valence-electron chi connectivity index (χ0n) is 11.7. The van der Waals surface area contributed by atoms with Gasteiger partial charge in [0.25, 0.3) is 0 Å². The molecule has 106 valence electrons. The zero-order valence-corrected chi connectivity index (χ0v) is 12.6. The molecule has 0 spiro atoms. The van der Waals surface area contributed by atoms with Crippen molar-refractivity contribution >= 4 is 29.2 Å². The molecule has 0 aliphatic heterocycles. The Labute approximate surface area is 123 Å². The van der Waals surface area contributed by atoms with Crippen molar-refractivity contribution in [3.63, 3.8) is 0 Å². The van der Waals surface area contributed by atoms with Gasteiger partial charge in [0.15, 0.2) is 0 Å². The monoisotopic (exact) mass is 289 g/mol. The van der Waals surface area contributed by atoms with Crippen LogP contribution in [0.5, 0.6) is 5.75 Å². The highest BCUT2D eigenvalue weighted by Crippen LogP contribution is 2.27. The van der Waals surface area contributed by atoms with Crippen molar-refractivity contribution < 1.29 is 9.84 Å². The molecular weight excluding hydrogens is 270 g/mol. The number of hydrogen-bond donors (Lipinski definition) is 1. The van der Waals surface area contributed by atoms with Crippen LogP contribution in [0.25, 0.3) is 12.2 Å². The Hall–Kier alpha value is -1.78. The Morgan fingerprint density at radius 2 is 2.15 bits per heavy atom. The molecule has 2 rings (SSSR count). The van der Waals surface area contributed by atoms with Gasteiger partial charge in [-0.05, 0) is 35.7 Å². The second kappa shape index (κ2) is 7.12. The van der Waals surface area contributed by atoms with Gasteiger partial charge < -0.3 is 14.7 Å². The Bertz CT molecular complexity index is 564. The minimum atomic E-state index is 0.138. The first kappa shape index (κ1) is 14.6. The predicted molar refractivity (Wildman–Crippen MR) is 86.6 cm³/mol. The van der Waals surface area contributed by atoms with E-state index in [9.17, 15) is 0 Å². The zero-order chi connectivity index (χ0) is 14.4. The number of rotatable bonds is 6. The van der Waals surface area contributed by atoms with Gasteiger partial charge in [-0.1, -0.05) is 6.07 Å². The van der Waals surface area contributed by atoms with Crippen molar-refractivity contribution in [2.75, 3.05) is 32.2 Å². The Morgan fingerprint density at radius 1 is 1.30 bits per heavy atom. The molecule has 0 unspecified atom stereocenters. The van der Waals surface area contributed by atoms with E-state index >= 15 is 0 Å². The largest absolute Gasteiger partial charge is 0.496 e. The van der Waals surface area contributed by atoms with Gasteiger partial charge in [0.05, 0.1) is 13.7 Å². The van der Waals surface area contributed by atoms with Gasteiger partial charge in [-0.15, -0.1) is 11.3 Å². The van der Waals surface area contributed by atoms with Gasteiger partial charge >= 0.3 is 0 Å². The van der Waals surface area contributed by atoms with Crippen LogP contribution < -0.4 is 9.64 Å². The molecule has 1 aromatic heterocycles. The van der Waals surface area contributed by atoms with Gasteiger partial charge in [0.2, 0.25) is 0 Å². The standard InChI is InChI=1S/C16H19NO2S/c1-17(9-10-18)14-7-5-13(16(12-14)19-2)6-8-15-4-3-11-20-15/h3-8,11-12,18H,9-10H2,1-2H3/b8-6+. The molecule has 4 heteroatoms. The predicted octanol–water partition coefficient (Wildman–Crippen LogP) is 3.36. The van der Waals surface area contributed by atoms with Crippen molar-refractivity contribution in [3.05, 3.63) is 46.2 Å². The quantitative estimate of drug-likeness (QED) is 0.885. The second-order valence-corrected chi connectivity index (χ2v) is 5.40. The van der Waals surface area contributed by atoms with Gasteiger partial charge in [0.1, 0.15) is 5.75 Å². The topological polar surface area (TPSA) is 32.7 Å². The van der Waals surface area contributed by atoms with Crippen LogP contribution in [0, 0.1) is 0 Å². The van der Waals surface area contributed by atoms with Gasteiger partial charge in [-0.25, -0.2) is 0 Å². The van der Waals surface area contributed by atoms with E-state index in [-0.39, 0.29) is 6.61 Å². The maximum atomic E-state index is 8.99. The van der Waals surface area contributed by atoms with Crippen LogP contribution in [0.2, 0.25) is 0 Å².